The highest BCUT2D eigenvalue weighted by atomic mass is 32.1. The van der Waals surface area contributed by atoms with Gasteiger partial charge in [0.05, 0.1) is 16.7 Å². The van der Waals surface area contributed by atoms with Gasteiger partial charge in [-0.25, -0.2) is 9.97 Å². The minimum atomic E-state index is 0.761. The molecule has 3 aromatic rings. The lowest BCUT2D eigenvalue weighted by Crippen LogP contribution is -1.86. The van der Waals surface area contributed by atoms with Gasteiger partial charge in [0, 0.05) is 4.88 Å². The van der Waals surface area contributed by atoms with Gasteiger partial charge >= 0.3 is 0 Å². The van der Waals surface area contributed by atoms with Crippen molar-refractivity contribution in [3.8, 4) is 0 Å². The number of thiophene rings is 1. The number of fused-ring (bicyclic) bond motifs is 1. The first-order valence-corrected chi connectivity index (χ1v) is 6.16. The molecule has 1 radical (unpaired) electrons. The highest BCUT2D eigenvalue weighted by Crippen LogP contribution is 2.13. The molecule has 2 heterocycles. The Morgan fingerprint density at radius 1 is 1.00 bits per heavy atom. The largest absolute Gasteiger partial charge is 0.244 e. The maximum atomic E-state index is 4.47. The van der Waals surface area contributed by atoms with Crippen molar-refractivity contribution < 1.29 is 0 Å². The molecule has 3 heteroatoms. The zero-order valence-corrected chi connectivity index (χ0v) is 9.82. The fraction of sp³-hybridized carbons (Fsp3) is 0. The van der Waals surface area contributed by atoms with E-state index < -0.39 is 0 Å². The van der Waals surface area contributed by atoms with E-state index in [0.29, 0.717) is 0 Å². The van der Waals surface area contributed by atoms with Crippen molar-refractivity contribution in [3.05, 3.63) is 58.5 Å². The monoisotopic (exact) mass is 237 g/mol. The average Bonchev–Trinajstić information content (AvgIpc) is 2.89. The zero-order chi connectivity index (χ0) is 11.5. The minimum absolute atomic E-state index is 0.761. The Hall–Kier alpha value is -2.00. The Morgan fingerprint density at radius 2 is 1.88 bits per heavy atom. The van der Waals surface area contributed by atoms with Crippen molar-refractivity contribution in [3.63, 3.8) is 0 Å². The van der Waals surface area contributed by atoms with E-state index in [1.807, 2.05) is 42.5 Å². The number of rotatable bonds is 2. The van der Waals surface area contributed by atoms with Crippen LogP contribution in [0.15, 0.2) is 41.8 Å². The molecule has 0 aliphatic heterocycles. The summed E-state index contributed by atoms with van der Waals surface area (Å²) in [6.07, 6.45) is 6.89. The SMILES string of the molecule is [c]1nc2ccccc2nc1/C=C/c1cccs1. The fourth-order valence-electron chi connectivity index (χ4n) is 1.55. The molecule has 0 spiro atoms. The van der Waals surface area contributed by atoms with Crippen molar-refractivity contribution >= 4 is 34.5 Å². The molecule has 0 fully saturated rings. The van der Waals surface area contributed by atoms with Gasteiger partial charge in [0.15, 0.2) is 0 Å². The molecule has 1 aromatic carbocycles. The molecule has 0 bridgehead atoms. The Morgan fingerprint density at radius 3 is 2.71 bits per heavy atom. The second kappa shape index (κ2) is 4.47. The summed E-state index contributed by atoms with van der Waals surface area (Å²) in [6, 6.07) is 11.9. The van der Waals surface area contributed by atoms with Crippen LogP contribution in [-0.4, -0.2) is 9.97 Å². The summed E-state index contributed by atoms with van der Waals surface area (Å²) in [5.41, 5.74) is 2.54. The first-order valence-electron chi connectivity index (χ1n) is 5.28. The Bertz CT molecular complexity index is 657. The molecule has 0 atom stereocenters. The molecule has 0 saturated heterocycles. The lowest BCUT2D eigenvalue weighted by molar-refractivity contribution is 1.25. The number of hydrogen-bond acceptors (Lipinski definition) is 3. The summed E-state index contributed by atoms with van der Waals surface area (Å²) in [5.74, 6) is 0. The molecular weight excluding hydrogens is 228 g/mol. The van der Waals surface area contributed by atoms with E-state index in [9.17, 15) is 0 Å². The number of hydrogen-bond donors (Lipinski definition) is 0. The van der Waals surface area contributed by atoms with Gasteiger partial charge in [-0.2, -0.15) is 0 Å². The van der Waals surface area contributed by atoms with E-state index in [1.54, 1.807) is 11.3 Å². The topological polar surface area (TPSA) is 25.8 Å². The van der Waals surface area contributed by atoms with Gasteiger partial charge in [-0.15, -0.1) is 11.3 Å². The normalized spacial score (nSPS) is 11.3. The first-order chi connectivity index (χ1) is 8.42. The van der Waals surface area contributed by atoms with Crippen LogP contribution in [0.5, 0.6) is 0 Å². The molecule has 0 aliphatic rings. The highest BCUT2D eigenvalue weighted by Gasteiger charge is 1.96. The van der Waals surface area contributed by atoms with Crippen molar-refractivity contribution in [1.29, 1.82) is 0 Å². The van der Waals surface area contributed by atoms with Crippen LogP contribution in [0.4, 0.5) is 0 Å². The summed E-state index contributed by atoms with van der Waals surface area (Å²) >= 11 is 1.70. The number of aromatic nitrogens is 2. The minimum Gasteiger partial charge on any atom is -0.244 e. The van der Waals surface area contributed by atoms with Gasteiger partial charge in [-0.1, -0.05) is 18.2 Å². The van der Waals surface area contributed by atoms with Gasteiger partial charge in [0.2, 0.25) is 0 Å². The van der Waals surface area contributed by atoms with Crippen LogP contribution in [0, 0.1) is 6.20 Å². The lowest BCUT2D eigenvalue weighted by Gasteiger charge is -1.96. The number of para-hydroxylation sites is 2. The van der Waals surface area contributed by atoms with Crippen LogP contribution in [0.2, 0.25) is 0 Å². The molecule has 0 N–H and O–H groups in total. The van der Waals surface area contributed by atoms with Crippen molar-refractivity contribution in [1.82, 2.24) is 9.97 Å². The first kappa shape index (κ1) is 10.2. The predicted molar refractivity (Wildman–Crippen MR) is 71.6 cm³/mol. The summed E-state index contributed by atoms with van der Waals surface area (Å²) in [5, 5.41) is 2.05. The van der Waals surface area contributed by atoms with Crippen molar-refractivity contribution in [2.24, 2.45) is 0 Å². The third kappa shape index (κ3) is 2.24. The maximum absolute atomic E-state index is 4.47. The van der Waals surface area contributed by atoms with E-state index in [0.717, 1.165) is 16.7 Å². The second-order valence-electron chi connectivity index (χ2n) is 3.56. The molecule has 0 unspecified atom stereocenters. The second-order valence-corrected chi connectivity index (χ2v) is 4.54. The van der Waals surface area contributed by atoms with Crippen molar-refractivity contribution in [2.75, 3.05) is 0 Å². The van der Waals surface area contributed by atoms with Gasteiger partial charge < -0.3 is 0 Å². The predicted octanol–water partition coefficient (Wildman–Crippen LogP) is 3.66. The van der Waals surface area contributed by atoms with E-state index in [1.165, 1.54) is 4.88 Å². The molecular formula is C14H9N2S. The van der Waals surface area contributed by atoms with E-state index in [2.05, 4.69) is 27.6 Å². The van der Waals surface area contributed by atoms with Gasteiger partial charge in [-0.3, -0.25) is 0 Å². The van der Waals surface area contributed by atoms with Crippen LogP contribution in [0.3, 0.4) is 0 Å². The third-order valence-corrected chi connectivity index (χ3v) is 3.20. The van der Waals surface area contributed by atoms with Gasteiger partial charge in [-0.05, 0) is 35.7 Å². The van der Waals surface area contributed by atoms with Crippen LogP contribution < -0.4 is 0 Å². The quantitative estimate of drug-likeness (QED) is 0.679. The summed E-state index contributed by atoms with van der Waals surface area (Å²) < 4.78 is 0. The Labute approximate surface area is 103 Å². The molecule has 2 aromatic heterocycles. The summed E-state index contributed by atoms with van der Waals surface area (Å²) in [7, 11) is 0. The Balaban J connectivity index is 1.96. The number of nitrogens with zero attached hydrogens (tertiary/aromatic N) is 2. The molecule has 0 saturated carbocycles. The van der Waals surface area contributed by atoms with Crippen LogP contribution >= 0.6 is 11.3 Å². The van der Waals surface area contributed by atoms with Crippen LogP contribution in [0.25, 0.3) is 23.2 Å². The van der Waals surface area contributed by atoms with Crippen LogP contribution in [0.1, 0.15) is 10.6 Å². The summed E-state index contributed by atoms with van der Waals surface area (Å²) in [6.45, 7) is 0. The standard InChI is InChI=1S/C14H9N2S/c1-2-6-14-13(5-1)15-10-11(16-14)7-8-12-4-3-9-17-12/h1-9H/b8-7+. The van der Waals surface area contributed by atoms with Crippen LogP contribution in [-0.2, 0) is 0 Å². The fourth-order valence-corrected chi connectivity index (χ4v) is 2.17. The number of benzene rings is 1. The van der Waals surface area contributed by atoms with E-state index >= 15 is 0 Å². The molecule has 2 nitrogen and oxygen atoms in total. The molecule has 17 heavy (non-hydrogen) atoms. The molecule has 0 aliphatic carbocycles. The highest BCUT2D eigenvalue weighted by molar-refractivity contribution is 7.10. The maximum Gasteiger partial charge on any atom is 0.117 e. The zero-order valence-electron chi connectivity index (χ0n) is 9.00. The third-order valence-electron chi connectivity index (χ3n) is 2.36. The van der Waals surface area contributed by atoms with Crippen molar-refractivity contribution in [2.45, 2.75) is 0 Å². The van der Waals surface area contributed by atoms with E-state index in [4.69, 9.17) is 0 Å². The molecule has 0 amide bonds. The summed E-state index contributed by atoms with van der Waals surface area (Å²) in [4.78, 5) is 9.92. The molecule has 3 rings (SSSR count). The molecule has 81 valence electrons. The smallest absolute Gasteiger partial charge is 0.117 e. The van der Waals surface area contributed by atoms with E-state index in [-0.39, 0.29) is 0 Å². The van der Waals surface area contributed by atoms with Gasteiger partial charge in [0.25, 0.3) is 0 Å². The lowest BCUT2D eigenvalue weighted by atomic mass is 10.3. The average molecular weight is 237 g/mol. The van der Waals surface area contributed by atoms with Gasteiger partial charge in [0.1, 0.15) is 6.20 Å². The Kier molecular flexibility index (Phi) is 2.68.